The number of fused-ring (bicyclic) bond motifs is 1. The Morgan fingerprint density at radius 3 is 2.30 bits per heavy atom. The quantitative estimate of drug-likeness (QED) is 0.126. The summed E-state index contributed by atoms with van der Waals surface area (Å²) in [4.78, 5) is 30.4. The number of methoxy groups -OCH3 is 1. The van der Waals surface area contributed by atoms with Crippen LogP contribution in [0.5, 0.6) is 17.2 Å². The van der Waals surface area contributed by atoms with Crippen LogP contribution in [-0.2, 0) is 30.4 Å². The molecule has 2 heterocycles. The number of hydrogen-bond donors (Lipinski definition) is 2. The van der Waals surface area contributed by atoms with Crippen molar-refractivity contribution < 1.29 is 37.7 Å². The molecule has 46 heavy (non-hydrogen) atoms. The standard InChI is InChI=1S/C35H36FN3O7/c1-42-31-21-28-29(20-23(31)22-43-18-19-45-32-4-2-3-17-44-32)37-16-13-30(28)46-27-11-9-26(10-12-27)39-34(41)35(14-15-35)33(40)38-25-7-5-24(36)6-8-25/h5-13,16,20-21,32H,2-4,14-15,17-19,22H2,1H3,(H,38,40)(H,39,41). The van der Waals surface area contributed by atoms with Crippen LogP contribution in [0.3, 0.4) is 0 Å². The van der Waals surface area contributed by atoms with Crippen molar-refractivity contribution in [2.24, 2.45) is 5.41 Å². The molecule has 240 valence electrons. The van der Waals surface area contributed by atoms with Gasteiger partial charge in [-0.15, -0.1) is 0 Å². The Labute approximate surface area is 266 Å². The van der Waals surface area contributed by atoms with Gasteiger partial charge in [0.1, 0.15) is 28.5 Å². The third kappa shape index (κ3) is 7.44. The topological polar surface area (TPSA) is 117 Å². The number of benzene rings is 3. The van der Waals surface area contributed by atoms with Gasteiger partial charge in [-0.25, -0.2) is 4.39 Å². The highest BCUT2D eigenvalue weighted by atomic mass is 19.1. The molecule has 10 nitrogen and oxygen atoms in total. The van der Waals surface area contributed by atoms with Crippen LogP contribution in [0.25, 0.3) is 10.9 Å². The summed E-state index contributed by atoms with van der Waals surface area (Å²) in [7, 11) is 1.61. The lowest BCUT2D eigenvalue weighted by molar-refractivity contribution is -0.169. The monoisotopic (exact) mass is 629 g/mol. The van der Waals surface area contributed by atoms with E-state index in [2.05, 4.69) is 15.6 Å². The smallest absolute Gasteiger partial charge is 0.240 e. The number of carbonyl (C=O) groups is 2. The van der Waals surface area contributed by atoms with E-state index in [0.717, 1.165) is 42.3 Å². The maximum atomic E-state index is 13.2. The molecule has 2 amide bonds. The van der Waals surface area contributed by atoms with Crippen LogP contribution in [0, 0.1) is 11.2 Å². The first-order valence-electron chi connectivity index (χ1n) is 15.4. The zero-order valence-electron chi connectivity index (χ0n) is 25.6. The molecule has 3 aromatic carbocycles. The van der Waals surface area contributed by atoms with E-state index in [-0.39, 0.29) is 6.29 Å². The molecule has 6 rings (SSSR count). The van der Waals surface area contributed by atoms with Gasteiger partial charge in [-0.05, 0) is 98.8 Å². The van der Waals surface area contributed by atoms with E-state index in [9.17, 15) is 14.0 Å². The number of nitrogens with one attached hydrogen (secondary N) is 2. The second kappa shape index (κ2) is 14.2. The fraction of sp³-hybridized carbons (Fsp3) is 0.343. The molecule has 1 aromatic heterocycles. The number of rotatable bonds is 13. The second-order valence-electron chi connectivity index (χ2n) is 11.3. The number of aromatic nitrogens is 1. The molecule has 2 aliphatic rings. The van der Waals surface area contributed by atoms with E-state index in [4.69, 9.17) is 23.7 Å². The molecule has 0 radical (unpaired) electrons. The molecule has 1 aliphatic heterocycles. The summed E-state index contributed by atoms with van der Waals surface area (Å²) in [6.45, 7) is 1.96. The molecule has 1 unspecified atom stereocenters. The van der Waals surface area contributed by atoms with Crippen LogP contribution in [0.2, 0.25) is 0 Å². The van der Waals surface area contributed by atoms with Crippen molar-refractivity contribution >= 4 is 34.1 Å². The molecule has 11 heteroatoms. The van der Waals surface area contributed by atoms with E-state index in [0.29, 0.717) is 61.3 Å². The molecule has 2 N–H and O–H groups in total. The van der Waals surface area contributed by atoms with Crippen molar-refractivity contribution in [1.29, 1.82) is 0 Å². The molecule has 0 spiro atoms. The number of ether oxygens (including phenoxy) is 5. The van der Waals surface area contributed by atoms with Crippen molar-refractivity contribution in [3.05, 3.63) is 84.3 Å². The average Bonchev–Trinajstić information content (AvgIpc) is 3.89. The number of carbonyl (C=O) groups excluding carboxylic acids is 2. The third-order valence-electron chi connectivity index (χ3n) is 8.09. The van der Waals surface area contributed by atoms with E-state index in [1.54, 1.807) is 43.6 Å². The van der Waals surface area contributed by atoms with Crippen molar-refractivity contribution in [1.82, 2.24) is 4.98 Å². The minimum absolute atomic E-state index is 0.145. The van der Waals surface area contributed by atoms with Crippen LogP contribution < -0.4 is 20.1 Å². The molecule has 2 fully saturated rings. The number of nitrogens with zero attached hydrogens (tertiary/aromatic N) is 1. The second-order valence-corrected chi connectivity index (χ2v) is 11.3. The fourth-order valence-corrected chi connectivity index (χ4v) is 5.30. The number of pyridine rings is 1. The van der Waals surface area contributed by atoms with Crippen molar-refractivity contribution in [2.75, 3.05) is 37.6 Å². The molecule has 1 atom stereocenters. The molecular weight excluding hydrogens is 593 g/mol. The molecule has 1 saturated heterocycles. The van der Waals surface area contributed by atoms with E-state index >= 15 is 0 Å². The van der Waals surface area contributed by atoms with E-state index < -0.39 is 23.0 Å². The largest absolute Gasteiger partial charge is 0.496 e. The van der Waals surface area contributed by atoms with Crippen molar-refractivity contribution in [3.8, 4) is 17.2 Å². The Balaban J connectivity index is 1.05. The maximum Gasteiger partial charge on any atom is 0.240 e. The van der Waals surface area contributed by atoms with Gasteiger partial charge >= 0.3 is 0 Å². The number of hydrogen-bond acceptors (Lipinski definition) is 8. The Morgan fingerprint density at radius 1 is 0.935 bits per heavy atom. The van der Waals surface area contributed by atoms with Crippen LogP contribution in [0.15, 0.2) is 72.9 Å². The van der Waals surface area contributed by atoms with Gasteiger partial charge < -0.3 is 34.3 Å². The normalized spacial score (nSPS) is 16.9. The highest BCUT2D eigenvalue weighted by Gasteiger charge is 2.56. The van der Waals surface area contributed by atoms with Crippen LogP contribution in [0.1, 0.15) is 37.7 Å². The summed E-state index contributed by atoms with van der Waals surface area (Å²) in [5, 5.41) is 6.31. The van der Waals surface area contributed by atoms with Crippen molar-refractivity contribution in [3.63, 3.8) is 0 Å². The number of halogens is 1. The van der Waals surface area contributed by atoms with Gasteiger partial charge in [-0.3, -0.25) is 14.6 Å². The number of amides is 2. The fourth-order valence-electron chi connectivity index (χ4n) is 5.30. The summed E-state index contributed by atoms with van der Waals surface area (Å²) in [6.07, 6.45) is 5.51. The van der Waals surface area contributed by atoms with Crippen LogP contribution in [-0.4, -0.2) is 50.0 Å². The maximum absolute atomic E-state index is 13.2. The van der Waals surface area contributed by atoms with Crippen molar-refractivity contribution in [2.45, 2.75) is 45.0 Å². The van der Waals surface area contributed by atoms with Crippen LogP contribution >= 0.6 is 0 Å². The summed E-state index contributed by atoms with van der Waals surface area (Å²) in [5.41, 5.74) is 1.39. The Bertz CT molecular complexity index is 1670. The molecule has 1 aliphatic carbocycles. The lowest BCUT2D eigenvalue weighted by Crippen LogP contribution is -2.35. The summed E-state index contributed by atoms with van der Waals surface area (Å²) >= 11 is 0. The summed E-state index contributed by atoms with van der Waals surface area (Å²) in [6, 6.07) is 17.9. The Morgan fingerprint density at radius 2 is 1.65 bits per heavy atom. The minimum atomic E-state index is -1.15. The highest BCUT2D eigenvalue weighted by molar-refractivity contribution is 6.16. The Hall–Kier alpha value is -4.58. The predicted molar refractivity (Wildman–Crippen MR) is 169 cm³/mol. The van der Waals surface area contributed by atoms with Gasteiger partial charge in [0, 0.05) is 35.1 Å². The first-order valence-corrected chi connectivity index (χ1v) is 15.4. The van der Waals surface area contributed by atoms with Crippen LogP contribution in [0.4, 0.5) is 15.8 Å². The molecule has 4 aromatic rings. The van der Waals surface area contributed by atoms with Gasteiger partial charge in [0.05, 0.1) is 32.4 Å². The zero-order chi connectivity index (χ0) is 31.9. The van der Waals surface area contributed by atoms with Gasteiger partial charge in [-0.2, -0.15) is 0 Å². The van der Waals surface area contributed by atoms with Gasteiger partial charge in [0.15, 0.2) is 6.29 Å². The van der Waals surface area contributed by atoms with Gasteiger partial charge in [-0.1, -0.05) is 0 Å². The summed E-state index contributed by atoms with van der Waals surface area (Å²) < 4.78 is 42.2. The third-order valence-corrected chi connectivity index (χ3v) is 8.09. The highest BCUT2D eigenvalue weighted by Crippen LogP contribution is 2.47. The van der Waals surface area contributed by atoms with Gasteiger partial charge in [0.25, 0.3) is 0 Å². The van der Waals surface area contributed by atoms with E-state index in [1.807, 2.05) is 12.1 Å². The minimum Gasteiger partial charge on any atom is -0.496 e. The molecule has 0 bridgehead atoms. The first-order chi connectivity index (χ1) is 22.4. The molecular formula is C35H36FN3O7. The molecule has 1 saturated carbocycles. The number of anilines is 2. The zero-order valence-corrected chi connectivity index (χ0v) is 25.6. The Kier molecular flexibility index (Phi) is 9.72. The lowest BCUT2D eigenvalue weighted by Gasteiger charge is -2.22. The summed E-state index contributed by atoms with van der Waals surface area (Å²) in [5.74, 6) is 0.580. The lowest BCUT2D eigenvalue weighted by atomic mass is 10.0. The van der Waals surface area contributed by atoms with Gasteiger partial charge in [0.2, 0.25) is 11.8 Å². The first kappa shape index (κ1) is 31.4. The van der Waals surface area contributed by atoms with E-state index in [1.165, 1.54) is 24.3 Å². The SMILES string of the molecule is COc1cc2c(Oc3ccc(NC(=O)C4(C(=O)Nc5ccc(F)cc5)CC4)cc3)ccnc2cc1COCCOC1CCCCO1. The average molecular weight is 630 g/mol. The predicted octanol–water partition coefficient (Wildman–Crippen LogP) is 6.59.